The number of carbonyl (C=O) groups is 1. The molecule has 0 unspecified atom stereocenters. The third-order valence-corrected chi connectivity index (χ3v) is 2.53. The van der Waals surface area contributed by atoms with E-state index >= 15 is 0 Å². The lowest BCUT2D eigenvalue weighted by atomic mass is 10.1. The fourth-order valence-electron chi connectivity index (χ4n) is 1.71. The second-order valence-electron chi connectivity index (χ2n) is 3.90. The maximum Gasteiger partial charge on any atom is 0.309 e. The third-order valence-electron chi connectivity index (χ3n) is 2.53. The largest absolute Gasteiger partial charge is 0.481 e. The van der Waals surface area contributed by atoms with Gasteiger partial charge in [-0.15, -0.1) is 0 Å². The molecular formula is C14H13NO2. The van der Waals surface area contributed by atoms with Gasteiger partial charge in [0.05, 0.1) is 17.8 Å². The van der Waals surface area contributed by atoms with Crippen LogP contribution in [-0.4, -0.2) is 16.1 Å². The Morgan fingerprint density at radius 2 is 1.88 bits per heavy atom. The normalized spacial score (nSPS) is 10.2. The standard InChI is InChI=1S/C14H13NO2/c1-10-7-8-12(9-13(16)17)15-14(10)11-5-3-2-4-6-11/h2-8H,9H2,1H3,(H,16,17). The Kier molecular flexibility index (Phi) is 3.19. The van der Waals surface area contributed by atoms with Crippen molar-refractivity contribution in [1.82, 2.24) is 4.98 Å². The maximum absolute atomic E-state index is 10.7. The van der Waals surface area contributed by atoms with Gasteiger partial charge in [0.15, 0.2) is 0 Å². The number of nitrogens with zero attached hydrogens (tertiary/aromatic N) is 1. The number of hydrogen-bond donors (Lipinski definition) is 1. The van der Waals surface area contributed by atoms with E-state index in [1.807, 2.05) is 43.3 Å². The smallest absolute Gasteiger partial charge is 0.309 e. The predicted octanol–water partition coefficient (Wildman–Crippen LogP) is 2.68. The molecule has 3 heteroatoms. The maximum atomic E-state index is 10.7. The number of aromatic nitrogens is 1. The van der Waals surface area contributed by atoms with Crippen molar-refractivity contribution in [2.75, 3.05) is 0 Å². The van der Waals surface area contributed by atoms with Crippen molar-refractivity contribution >= 4 is 5.97 Å². The zero-order valence-electron chi connectivity index (χ0n) is 9.55. The number of aliphatic carboxylic acids is 1. The second kappa shape index (κ2) is 4.78. The molecule has 86 valence electrons. The zero-order chi connectivity index (χ0) is 12.3. The van der Waals surface area contributed by atoms with Gasteiger partial charge in [0.25, 0.3) is 0 Å². The number of pyridine rings is 1. The van der Waals surface area contributed by atoms with Crippen molar-refractivity contribution in [2.24, 2.45) is 0 Å². The number of rotatable bonds is 3. The van der Waals surface area contributed by atoms with Gasteiger partial charge in [-0.05, 0) is 18.6 Å². The van der Waals surface area contributed by atoms with Gasteiger partial charge >= 0.3 is 5.97 Å². The van der Waals surface area contributed by atoms with Crippen LogP contribution in [0.5, 0.6) is 0 Å². The van der Waals surface area contributed by atoms with Crippen molar-refractivity contribution in [2.45, 2.75) is 13.3 Å². The van der Waals surface area contributed by atoms with Gasteiger partial charge in [0, 0.05) is 5.56 Å². The van der Waals surface area contributed by atoms with E-state index in [9.17, 15) is 4.79 Å². The van der Waals surface area contributed by atoms with Gasteiger partial charge in [0.1, 0.15) is 0 Å². The van der Waals surface area contributed by atoms with E-state index in [4.69, 9.17) is 5.11 Å². The topological polar surface area (TPSA) is 50.2 Å². The van der Waals surface area contributed by atoms with Crippen molar-refractivity contribution in [3.63, 3.8) is 0 Å². The molecule has 2 aromatic rings. The van der Waals surface area contributed by atoms with Gasteiger partial charge < -0.3 is 5.11 Å². The Morgan fingerprint density at radius 1 is 1.18 bits per heavy atom. The molecule has 0 spiro atoms. The van der Waals surface area contributed by atoms with E-state index in [-0.39, 0.29) is 6.42 Å². The average molecular weight is 227 g/mol. The Hall–Kier alpha value is -2.16. The van der Waals surface area contributed by atoms with Gasteiger partial charge in [0.2, 0.25) is 0 Å². The van der Waals surface area contributed by atoms with Gasteiger partial charge in [-0.1, -0.05) is 36.4 Å². The lowest BCUT2D eigenvalue weighted by Crippen LogP contribution is -2.03. The third kappa shape index (κ3) is 2.69. The summed E-state index contributed by atoms with van der Waals surface area (Å²) in [6, 6.07) is 13.4. The molecular weight excluding hydrogens is 214 g/mol. The highest BCUT2D eigenvalue weighted by Crippen LogP contribution is 2.21. The summed E-state index contributed by atoms with van der Waals surface area (Å²) >= 11 is 0. The van der Waals surface area contributed by atoms with E-state index < -0.39 is 5.97 Å². The molecule has 17 heavy (non-hydrogen) atoms. The van der Waals surface area contributed by atoms with Crippen LogP contribution in [0.3, 0.4) is 0 Å². The van der Waals surface area contributed by atoms with Crippen LogP contribution < -0.4 is 0 Å². The van der Waals surface area contributed by atoms with Crippen LogP contribution >= 0.6 is 0 Å². The monoisotopic (exact) mass is 227 g/mol. The first-order valence-electron chi connectivity index (χ1n) is 5.40. The Balaban J connectivity index is 2.43. The molecule has 0 aliphatic heterocycles. The summed E-state index contributed by atoms with van der Waals surface area (Å²) in [7, 11) is 0. The van der Waals surface area contributed by atoms with E-state index in [1.54, 1.807) is 6.07 Å². The quantitative estimate of drug-likeness (QED) is 0.877. The summed E-state index contributed by atoms with van der Waals surface area (Å²) in [5.41, 5.74) is 3.49. The lowest BCUT2D eigenvalue weighted by molar-refractivity contribution is -0.136. The van der Waals surface area contributed by atoms with Crippen molar-refractivity contribution in [3.8, 4) is 11.3 Å². The summed E-state index contributed by atoms with van der Waals surface area (Å²) in [5, 5.41) is 8.76. The van der Waals surface area contributed by atoms with Crippen LogP contribution in [-0.2, 0) is 11.2 Å². The molecule has 0 atom stereocenters. The molecule has 0 amide bonds. The van der Waals surface area contributed by atoms with Crippen LogP contribution in [0.25, 0.3) is 11.3 Å². The molecule has 0 saturated heterocycles. The van der Waals surface area contributed by atoms with Crippen LogP contribution in [0.2, 0.25) is 0 Å². The van der Waals surface area contributed by atoms with E-state index in [1.165, 1.54) is 0 Å². The second-order valence-corrected chi connectivity index (χ2v) is 3.90. The first-order valence-corrected chi connectivity index (χ1v) is 5.40. The van der Waals surface area contributed by atoms with Crippen LogP contribution in [0.15, 0.2) is 42.5 Å². The molecule has 0 aliphatic carbocycles. The first-order chi connectivity index (χ1) is 8.16. The van der Waals surface area contributed by atoms with Crippen molar-refractivity contribution in [1.29, 1.82) is 0 Å². The fraction of sp³-hybridized carbons (Fsp3) is 0.143. The summed E-state index contributed by atoms with van der Waals surface area (Å²) in [6.45, 7) is 1.97. The fourth-order valence-corrected chi connectivity index (χ4v) is 1.71. The molecule has 3 nitrogen and oxygen atoms in total. The zero-order valence-corrected chi connectivity index (χ0v) is 9.55. The minimum atomic E-state index is -0.861. The molecule has 0 bridgehead atoms. The molecule has 1 heterocycles. The summed E-state index contributed by atoms with van der Waals surface area (Å²) < 4.78 is 0. The number of benzene rings is 1. The molecule has 1 N–H and O–H groups in total. The molecule has 1 aromatic heterocycles. The van der Waals surface area contributed by atoms with Gasteiger partial charge in [-0.2, -0.15) is 0 Å². The number of carboxylic acid groups (broad SMARTS) is 1. The minimum Gasteiger partial charge on any atom is -0.481 e. The summed E-state index contributed by atoms with van der Waals surface area (Å²) in [6.07, 6.45) is -0.0416. The minimum absolute atomic E-state index is 0.0416. The molecule has 1 aromatic carbocycles. The average Bonchev–Trinajstić information content (AvgIpc) is 2.32. The molecule has 0 fully saturated rings. The number of carboxylic acids is 1. The summed E-state index contributed by atoms with van der Waals surface area (Å²) in [4.78, 5) is 15.1. The lowest BCUT2D eigenvalue weighted by Gasteiger charge is -2.06. The highest BCUT2D eigenvalue weighted by molar-refractivity contribution is 5.70. The van der Waals surface area contributed by atoms with Gasteiger partial charge in [-0.25, -0.2) is 0 Å². The van der Waals surface area contributed by atoms with Crippen LogP contribution in [0.1, 0.15) is 11.3 Å². The number of aryl methyl sites for hydroxylation is 1. The SMILES string of the molecule is Cc1ccc(CC(=O)O)nc1-c1ccccc1. The van der Waals surface area contributed by atoms with Gasteiger partial charge in [-0.3, -0.25) is 9.78 Å². The van der Waals surface area contributed by atoms with E-state index in [0.29, 0.717) is 5.69 Å². The highest BCUT2D eigenvalue weighted by atomic mass is 16.4. The molecule has 0 saturated carbocycles. The van der Waals surface area contributed by atoms with E-state index in [2.05, 4.69) is 4.98 Å². The predicted molar refractivity (Wildman–Crippen MR) is 65.7 cm³/mol. The Morgan fingerprint density at radius 3 is 2.53 bits per heavy atom. The first kappa shape index (κ1) is 11.3. The Labute approximate surface area is 99.8 Å². The van der Waals surface area contributed by atoms with E-state index in [0.717, 1.165) is 16.8 Å². The van der Waals surface area contributed by atoms with Crippen molar-refractivity contribution in [3.05, 3.63) is 53.7 Å². The molecule has 0 radical (unpaired) electrons. The van der Waals surface area contributed by atoms with Crippen molar-refractivity contribution < 1.29 is 9.90 Å². The highest BCUT2D eigenvalue weighted by Gasteiger charge is 2.07. The molecule has 0 aliphatic rings. The Bertz CT molecular complexity index is 535. The summed E-state index contributed by atoms with van der Waals surface area (Å²) in [5.74, 6) is -0.861. The van der Waals surface area contributed by atoms with Crippen LogP contribution in [0.4, 0.5) is 0 Å². The number of hydrogen-bond acceptors (Lipinski definition) is 2. The van der Waals surface area contributed by atoms with Crippen LogP contribution in [0, 0.1) is 6.92 Å². The molecule has 2 rings (SSSR count).